The van der Waals surface area contributed by atoms with Crippen molar-refractivity contribution in [3.8, 4) is 11.9 Å². The zero-order chi connectivity index (χ0) is 6.69. The molecule has 0 atom stereocenters. The number of nitriles is 1. The van der Waals surface area contributed by atoms with Gasteiger partial charge in [-0.2, -0.15) is 5.26 Å². The van der Waals surface area contributed by atoms with E-state index in [1.165, 1.54) is 12.4 Å². The number of rotatable bonds is 0. The maximum Gasteiger partial charge on any atom is 0.306 e. The van der Waals surface area contributed by atoms with Gasteiger partial charge in [-0.25, -0.2) is 9.97 Å². The first-order valence-corrected chi connectivity index (χ1v) is 2.22. The molecule has 0 aromatic carbocycles. The molecule has 0 saturated heterocycles. The first-order valence-electron chi connectivity index (χ1n) is 2.22. The molecule has 1 aromatic heterocycles. The minimum Gasteiger partial charge on any atom is -0.264 e. The van der Waals surface area contributed by atoms with Gasteiger partial charge in [-0.3, -0.25) is 5.11 Å². The minimum absolute atomic E-state index is 0.155. The Bertz CT molecular complexity index is 253. The molecule has 1 aromatic rings. The fraction of sp³-hybridized carbons (Fsp3) is 0. The third-order valence-corrected chi connectivity index (χ3v) is 0.771. The quantitative estimate of drug-likeness (QED) is 0.500. The molecule has 4 nitrogen and oxygen atoms in total. The van der Waals surface area contributed by atoms with Gasteiger partial charge in [0, 0.05) is 12.4 Å². The lowest BCUT2D eigenvalue weighted by Crippen LogP contribution is -1.82. The van der Waals surface area contributed by atoms with Crippen LogP contribution >= 0.6 is 0 Å². The number of aromatic nitrogens is 2. The van der Waals surface area contributed by atoms with E-state index in [0.717, 1.165) is 0 Å². The van der Waals surface area contributed by atoms with Gasteiger partial charge in [0.25, 0.3) is 0 Å². The zero-order valence-electron chi connectivity index (χ0n) is 4.40. The zero-order valence-corrected chi connectivity index (χ0v) is 4.40. The Hall–Kier alpha value is -1.63. The van der Waals surface area contributed by atoms with Crippen molar-refractivity contribution in [1.29, 1.82) is 5.26 Å². The highest BCUT2D eigenvalue weighted by atomic mass is 16.3. The van der Waals surface area contributed by atoms with Gasteiger partial charge in [-0.15, -0.1) is 0 Å². The molecule has 1 rings (SSSR count). The molecule has 9 heavy (non-hydrogen) atoms. The summed E-state index contributed by atoms with van der Waals surface area (Å²) in [6.45, 7) is 0. The van der Waals surface area contributed by atoms with Crippen molar-refractivity contribution in [2.24, 2.45) is 0 Å². The number of hydrogen-bond donors (Lipinski definition) is 0. The van der Waals surface area contributed by atoms with Crippen LogP contribution in [0.3, 0.4) is 0 Å². The largest absolute Gasteiger partial charge is 0.306 e. The summed E-state index contributed by atoms with van der Waals surface area (Å²) in [5.41, 5.74) is -0.155. The molecular formula is C5H2N3O. The Labute approximate surface area is 51.4 Å². The van der Waals surface area contributed by atoms with Gasteiger partial charge in [-0.05, 0) is 0 Å². The third-order valence-electron chi connectivity index (χ3n) is 0.771. The maximum absolute atomic E-state index is 10.5. The summed E-state index contributed by atoms with van der Waals surface area (Å²) in [6, 6.07) is 1.61. The molecule has 0 aliphatic rings. The van der Waals surface area contributed by atoms with Crippen LogP contribution in [0.2, 0.25) is 0 Å². The van der Waals surface area contributed by atoms with Crippen molar-refractivity contribution in [3.05, 3.63) is 18.1 Å². The fourth-order valence-electron chi connectivity index (χ4n) is 0.402. The Morgan fingerprint density at radius 2 is 2.11 bits per heavy atom. The van der Waals surface area contributed by atoms with Gasteiger partial charge in [0.2, 0.25) is 5.69 Å². The van der Waals surface area contributed by atoms with Crippen LogP contribution in [0, 0.1) is 11.3 Å². The molecule has 0 saturated carbocycles. The number of nitrogens with zero attached hydrogens (tertiary/aromatic N) is 3. The smallest absolute Gasteiger partial charge is 0.264 e. The number of hydrogen-bond acceptors (Lipinski definition) is 3. The maximum atomic E-state index is 10.5. The molecule has 0 aliphatic heterocycles. The Morgan fingerprint density at radius 1 is 1.44 bits per heavy atom. The van der Waals surface area contributed by atoms with Crippen LogP contribution in [-0.2, 0) is 5.11 Å². The lowest BCUT2D eigenvalue weighted by molar-refractivity contribution is 0.333. The highest BCUT2D eigenvalue weighted by Crippen LogP contribution is 2.05. The van der Waals surface area contributed by atoms with E-state index in [1.54, 1.807) is 6.07 Å². The Kier molecular flexibility index (Phi) is 1.28. The van der Waals surface area contributed by atoms with Crippen LogP contribution in [0.15, 0.2) is 12.4 Å². The molecule has 0 aliphatic carbocycles. The van der Waals surface area contributed by atoms with Crippen molar-refractivity contribution in [1.82, 2.24) is 9.97 Å². The van der Waals surface area contributed by atoms with E-state index in [0.29, 0.717) is 0 Å². The molecule has 0 spiro atoms. The minimum atomic E-state index is -0.569. The topological polar surface area (TPSA) is 69.5 Å². The molecular weight excluding hydrogens is 118 g/mol. The van der Waals surface area contributed by atoms with Crippen LogP contribution in [0.4, 0.5) is 0 Å². The predicted octanol–water partition coefficient (Wildman–Crippen LogP) is 0.492. The second-order valence-corrected chi connectivity index (χ2v) is 1.32. The monoisotopic (exact) mass is 120 g/mol. The Morgan fingerprint density at radius 3 is 2.56 bits per heavy atom. The molecule has 4 heteroatoms. The van der Waals surface area contributed by atoms with Crippen molar-refractivity contribution in [2.45, 2.75) is 0 Å². The molecule has 1 radical (unpaired) electrons. The summed E-state index contributed by atoms with van der Waals surface area (Å²) in [5, 5.41) is 18.6. The van der Waals surface area contributed by atoms with Crippen LogP contribution in [-0.4, -0.2) is 9.97 Å². The average Bonchev–Trinajstić information content (AvgIpc) is 1.89. The van der Waals surface area contributed by atoms with E-state index in [1.807, 2.05) is 0 Å². The van der Waals surface area contributed by atoms with Gasteiger partial charge in [0.15, 0.2) is 0 Å². The summed E-state index contributed by atoms with van der Waals surface area (Å²) >= 11 is 0. The first-order chi connectivity index (χ1) is 4.34. The van der Waals surface area contributed by atoms with Gasteiger partial charge >= 0.3 is 5.88 Å². The molecule has 0 N–H and O–H groups in total. The molecule has 0 unspecified atom stereocenters. The molecule has 43 valence electrons. The van der Waals surface area contributed by atoms with Crippen molar-refractivity contribution in [2.75, 3.05) is 0 Å². The lowest BCUT2D eigenvalue weighted by atomic mass is 10.5. The summed E-state index contributed by atoms with van der Waals surface area (Å²) < 4.78 is 0. The Balaban J connectivity index is 3.20. The third kappa shape index (κ3) is 0.941. The summed E-state index contributed by atoms with van der Waals surface area (Å²) in [6.07, 6.45) is 2.56. The molecule has 0 amide bonds. The van der Waals surface area contributed by atoms with Crippen LogP contribution < -0.4 is 0 Å². The predicted molar refractivity (Wildman–Crippen MR) is 26.9 cm³/mol. The standard InChI is InChI=1S/C5H2N3O/c6-3-4-5(9)8-2-1-7-4/h1-2H. The van der Waals surface area contributed by atoms with Crippen molar-refractivity contribution in [3.63, 3.8) is 0 Å². The van der Waals surface area contributed by atoms with E-state index < -0.39 is 5.88 Å². The van der Waals surface area contributed by atoms with Gasteiger partial charge in [0.1, 0.15) is 6.07 Å². The van der Waals surface area contributed by atoms with Gasteiger partial charge in [0.05, 0.1) is 0 Å². The van der Waals surface area contributed by atoms with Crippen LogP contribution in [0.5, 0.6) is 5.88 Å². The van der Waals surface area contributed by atoms with E-state index in [2.05, 4.69) is 9.97 Å². The van der Waals surface area contributed by atoms with E-state index in [9.17, 15) is 5.11 Å². The fourth-order valence-corrected chi connectivity index (χ4v) is 0.402. The summed E-state index contributed by atoms with van der Waals surface area (Å²) in [5.74, 6) is -0.569. The van der Waals surface area contributed by atoms with Crippen LogP contribution in [0.1, 0.15) is 5.69 Å². The second kappa shape index (κ2) is 2.09. The molecule has 0 fully saturated rings. The van der Waals surface area contributed by atoms with Crippen molar-refractivity contribution >= 4 is 0 Å². The SMILES string of the molecule is N#Cc1nccnc1[O]. The summed E-state index contributed by atoms with van der Waals surface area (Å²) in [4.78, 5) is 6.77. The van der Waals surface area contributed by atoms with Crippen molar-refractivity contribution < 1.29 is 5.11 Å². The van der Waals surface area contributed by atoms with E-state index in [4.69, 9.17) is 5.26 Å². The lowest BCUT2D eigenvalue weighted by Gasteiger charge is -1.84. The van der Waals surface area contributed by atoms with E-state index in [-0.39, 0.29) is 5.69 Å². The average molecular weight is 120 g/mol. The molecule has 1 heterocycles. The van der Waals surface area contributed by atoms with Gasteiger partial charge < -0.3 is 0 Å². The summed E-state index contributed by atoms with van der Waals surface area (Å²) in [7, 11) is 0. The molecule has 0 bridgehead atoms. The first kappa shape index (κ1) is 5.51. The van der Waals surface area contributed by atoms with Gasteiger partial charge in [-0.1, -0.05) is 0 Å². The van der Waals surface area contributed by atoms with E-state index >= 15 is 0 Å². The highest BCUT2D eigenvalue weighted by Gasteiger charge is 2.00. The second-order valence-electron chi connectivity index (χ2n) is 1.32. The normalized spacial score (nSPS) is 8.33. The van der Waals surface area contributed by atoms with Crippen LogP contribution in [0.25, 0.3) is 0 Å². The highest BCUT2D eigenvalue weighted by molar-refractivity contribution is 5.27.